The van der Waals surface area contributed by atoms with Crippen molar-refractivity contribution in [2.45, 2.75) is 13.3 Å². The number of nitrogens with zero attached hydrogens (tertiary/aromatic N) is 1. The summed E-state index contributed by atoms with van der Waals surface area (Å²) in [6.45, 7) is 4.49. The molecule has 0 saturated carbocycles. The second kappa shape index (κ2) is 8.77. The summed E-state index contributed by atoms with van der Waals surface area (Å²) in [4.78, 5) is 25.4. The fraction of sp³-hybridized carbons (Fsp3) is 0.333. The predicted octanol–water partition coefficient (Wildman–Crippen LogP) is 2.84. The van der Waals surface area contributed by atoms with E-state index >= 15 is 0 Å². The summed E-state index contributed by atoms with van der Waals surface area (Å²) in [5.41, 5.74) is 2.49. The monoisotopic (exact) mass is 370 g/mol. The maximum atomic E-state index is 14.4. The van der Waals surface area contributed by atoms with Crippen molar-refractivity contribution in [2.75, 3.05) is 37.7 Å². The lowest BCUT2D eigenvalue weighted by Crippen LogP contribution is -2.36. The van der Waals surface area contributed by atoms with Crippen LogP contribution < -0.4 is 10.2 Å². The molecule has 0 radical (unpaired) electrons. The number of halogens is 1. The van der Waals surface area contributed by atoms with Crippen LogP contribution in [0.25, 0.3) is 0 Å². The van der Waals surface area contributed by atoms with Crippen LogP contribution in [-0.4, -0.2) is 44.5 Å². The highest BCUT2D eigenvalue weighted by atomic mass is 19.1. The van der Waals surface area contributed by atoms with Crippen molar-refractivity contribution in [3.63, 3.8) is 0 Å². The quantitative estimate of drug-likeness (QED) is 0.795. The summed E-state index contributed by atoms with van der Waals surface area (Å²) in [5.74, 6) is -0.499. The molecule has 1 amide bonds. The molecule has 0 bridgehead atoms. The molecule has 0 unspecified atom stereocenters. The Balaban J connectivity index is 1.53. The van der Waals surface area contributed by atoms with Crippen LogP contribution in [0.15, 0.2) is 42.5 Å². The predicted molar refractivity (Wildman–Crippen MR) is 102 cm³/mol. The van der Waals surface area contributed by atoms with E-state index in [-0.39, 0.29) is 17.5 Å². The Morgan fingerprint density at radius 2 is 1.74 bits per heavy atom. The fourth-order valence-corrected chi connectivity index (χ4v) is 3.05. The van der Waals surface area contributed by atoms with Gasteiger partial charge in [-0.1, -0.05) is 18.2 Å². The molecule has 1 saturated heterocycles. The highest BCUT2D eigenvalue weighted by molar-refractivity contribution is 5.97. The van der Waals surface area contributed by atoms with E-state index in [0.717, 1.165) is 5.56 Å². The van der Waals surface area contributed by atoms with E-state index in [1.54, 1.807) is 30.3 Å². The molecule has 27 heavy (non-hydrogen) atoms. The molecule has 0 aliphatic carbocycles. The third kappa shape index (κ3) is 4.92. The molecule has 3 rings (SSSR count). The van der Waals surface area contributed by atoms with Crippen LogP contribution in [0.1, 0.15) is 33.2 Å². The zero-order valence-corrected chi connectivity index (χ0v) is 15.3. The Morgan fingerprint density at radius 3 is 2.37 bits per heavy atom. The zero-order valence-electron chi connectivity index (χ0n) is 15.3. The van der Waals surface area contributed by atoms with E-state index < -0.39 is 0 Å². The number of anilines is 1. The molecule has 1 fully saturated rings. The Hall–Kier alpha value is -2.73. The molecule has 2 aromatic rings. The van der Waals surface area contributed by atoms with Crippen LogP contribution in [0.3, 0.4) is 0 Å². The van der Waals surface area contributed by atoms with E-state index in [9.17, 15) is 14.0 Å². The summed E-state index contributed by atoms with van der Waals surface area (Å²) in [6.07, 6.45) is 0.539. The third-order valence-electron chi connectivity index (χ3n) is 4.62. The third-order valence-corrected chi connectivity index (χ3v) is 4.62. The minimum Gasteiger partial charge on any atom is -0.378 e. The summed E-state index contributed by atoms with van der Waals surface area (Å²) in [7, 11) is 0. The van der Waals surface area contributed by atoms with Gasteiger partial charge in [-0.25, -0.2) is 4.39 Å². The SMILES string of the molecule is CC(=O)c1ccc(C(=O)NCCc2ccc(N3CCOCC3)c(F)c2)cc1. The van der Waals surface area contributed by atoms with Crippen molar-refractivity contribution in [1.82, 2.24) is 5.32 Å². The zero-order chi connectivity index (χ0) is 19.2. The van der Waals surface area contributed by atoms with Crippen molar-refractivity contribution in [3.8, 4) is 0 Å². The molecule has 0 atom stereocenters. The highest BCUT2D eigenvalue weighted by Crippen LogP contribution is 2.21. The minimum atomic E-state index is -0.249. The van der Waals surface area contributed by atoms with Gasteiger partial charge >= 0.3 is 0 Å². The lowest BCUT2D eigenvalue weighted by atomic mass is 10.1. The van der Waals surface area contributed by atoms with Gasteiger partial charge in [0.25, 0.3) is 5.91 Å². The molecule has 0 aromatic heterocycles. The van der Waals surface area contributed by atoms with Gasteiger partial charge in [0, 0.05) is 30.8 Å². The molecule has 142 valence electrons. The molecule has 0 spiro atoms. The molecule has 1 aliphatic rings. The minimum absolute atomic E-state index is 0.0375. The van der Waals surface area contributed by atoms with Gasteiger partial charge in [0.1, 0.15) is 5.82 Å². The van der Waals surface area contributed by atoms with Crippen molar-refractivity contribution in [1.29, 1.82) is 0 Å². The smallest absolute Gasteiger partial charge is 0.251 e. The average Bonchev–Trinajstić information content (AvgIpc) is 2.69. The fourth-order valence-electron chi connectivity index (χ4n) is 3.05. The first-order chi connectivity index (χ1) is 13.0. The van der Waals surface area contributed by atoms with E-state index in [2.05, 4.69) is 5.32 Å². The Morgan fingerprint density at radius 1 is 1.07 bits per heavy atom. The van der Waals surface area contributed by atoms with Gasteiger partial charge in [0.15, 0.2) is 5.78 Å². The first kappa shape index (κ1) is 19.0. The average molecular weight is 370 g/mol. The number of morpholine rings is 1. The first-order valence-electron chi connectivity index (χ1n) is 9.05. The molecule has 1 N–H and O–H groups in total. The van der Waals surface area contributed by atoms with Crippen LogP contribution in [0, 0.1) is 5.82 Å². The number of ether oxygens (including phenoxy) is 1. The van der Waals surface area contributed by atoms with Crippen LogP contribution >= 0.6 is 0 Å². The molecule has 2 aromatic carbocycles. The molecular weight excluding hydrogens is 347 g/mol. The van der Waals surface area contributed by atoms with E-state index in [0.29, 0.717) is 56.1 Å². The lowest BCUT2D eigenvalue weighted by Gasteiger charge is -2.29. The van der Waals surface area contributed by atoms with Crippen molar-refractivity contribution in [3.05, 3.63) is 65.0 Å². The number of ketones is 1. The van der Waals surface area contributed by atoms with E-state index in [4.69, 9.17) is 4.74 Å². The molecule has 5 nitrogen and oxygen atoms in total. The second-order valence-corrected chi connectivity index (χ2v) is 6.52. The normalized spacial score (nSPS) is 14.1. The van der Waals surface area contributed by atoms with Gasteiger partial charge in [-0.05, 0) is 43.2 Å². The number of carbonyl (C=O) groups is 2. The number of hydrogen-bond acceptors (Lipinski definition) is 4. The number of hydrogen-bond donors (Lipinski definition) is 1. The summed E-state index contributed by atoms with van der Waals surface area (Å²) >= 11 is 0. The van der Waals surface area contributed by atoms with Crippen LogP contribution in [0.2, 0.25) is 0 Å². The Labute approximate surface area is 158 Å². The largest absolute Gasteiger partial charge is 0.378 e. The number of carbonyl (C=O) groups excluding carboxylic acids is 2. The van der Waals surface area contributed by atoms with E-state index in [1.807, 2.05) is 11.0 Å². The van der Waals surface area contributed by atoms with Crippen LogP contribution in [0.5, 0.6) is 0 Å². The second-order valence-electron chi connectivity index (χ2n) is 6.52. The summed E-state index contributed by atoms with van der Waals surface area (Å²) < 4.78 is 19.7. The maximum absolute atomic E-state index is 14.4. The number of amides is 1. The van der Waals surface area contributed by atoms with Gasteiger partial charge in [-0.2, -0.15) is 0 Å². The summed E-state index contributed by atoms with van der Waals surface area (Å²) in [6, 6.07) is 11.7. The molecular formula is C21H23FN2O3. The standard InChI is InChI=1S/C21H23FN2O3/c1-15(25)17-3-5-18(6-4-17)21(26)23-9-8-16-2-7-20(19(22)14-16)24-10-12-27-13-11-24/h2-7,14H,8-13H2,1H3,(H,23,26). The Bertz CT molecular complexity index is 815. The Kier molecular flexibility index (Phi) is 6.19. The van der Waals surface area contributed by atoms with Gasteiger partial charge < -0.3 is 15.0 Å². The molecule has 1 heterocycles. The van der Waals surface area contributed by atoms with Gasteiger partial charge in [0.05, 0.1) is 18.9 Å². The first-order valence-corrected chi connectivity index (χ1v) is 9.05. The van der Waals surface area contributed by atoms with Crippen molar-refractivity contribution >= 4 is 17.4 Å². The topological polar surface area (TPSA) is 58.6 Å². The number of rotatable bonds is 6. The van der Waals surface area contributed by atoms with Gasteiger partial charge in [-0.15, -0.1) is 0 Å². The molecule has 1 aliphatic heterocycles. The number of nitrogens with one attached hydrogen (secondary N) is 1. The van der Waals surface area contributed by atoms with Gasteiger partial charge in [-0.3, -0.25) is 9.59 Å². The van der Waals surface area contributed by atoms with Crippen molar-refractivity contribution < 1.29 is 18.7 Å². The van der Waals surface area contributed by atoms with E-state index in [1.165, 1.54) is 13.0 Å². The number of benzene rings is 2. The molecule has 6 heteroatoms. The summed E-state index contributed by atoms with van der Waals surface area (Å²) in [5, 5.41) is 2.82. The van der Waals surface area contributed by atoms with Crippen molar-refractivity contribution in [2.24, 2.45) is 0 Å². The lowest BCUT2D eigenvalue weighted by molar-refractivity contribution is 0.0952. The van der Waals surface area contributed by atoms with Crippen LogP contribution in [-0.2, 0) is 11.2 Å². The number of Topliss-reactive ketones (excluding diaryl/α,β-unsaturated/α-hetero) is 1. The highest BCUT2D eigenvalue weighted by Gasteiger charge is 2.15. The van der Waals surface area contributed by atoms with Crippen LogP contribution in [0.4, 0.5) is 10.1 Å². The van der Waals surface area contributed by atoms with Gasteiger partial charge in [0.2, 0.25) is 0 Å². The maximum Gasteiger partial charge on any atom is 0.251 e.